The first kappa shape index (κ1) is 16.0. The minimum atomic E-state index is -0.526. The summed E-state index contributed by atoms with van der Waals surface area (Å²) in [5.41, 5.74) is 0. The number of rotatable bonds is 9. The predicted octanol–water partition coefficient (Wildman–Crippen LogP) is 4.65. The van der Waals surface area contributed by atoms with Gasteiger partial charge in [-0.2, -0.15) is 0 Å². The van der Waals surface area contributed by atoms with E-state index in [1.54, 1.807) is 0 Å². The van der Waals surface area contributed by atoms with Crippen LogP contribution in [0.3, 0.4) is 0 Å². The minimum absolute atomic E-state index is 0.321. The fourth-order valence-electron chi connectivity index (χ4n) is 3.05. The summed E-state index contributed by atoms with van der Waals surface area (Å²) in [6.45, 7) is 4.46. The second-order valence-corrected chi connectivity index (χ2v) is 5.88. The van der Waals surface area contributed by atoms with Crippen molar-refractivity contribution in [3.63, 3.8) is 0 Å². The van der Waals surface area contributed by atoms with Gasteiger partial charge in [-0.05, 0) is 18.8 Å². The van der Waals surface area contributed by atoms with Crippen LogP contribution < -0.4 is 0 Å². The van der Waals surface area contributed by atoms with Crippen molar-refractivity contribution in [3.05, 3.63) is 0 Å². The summed E-state index contributed by atoms with van der Waals surface area (Å²) in [4.78, 5) is 0. The number of hydrogen-bond acceptors (Lipinski definition) is 2. The molecule has 0 aromatic carbocycles. The van der Waals surface area contributed by atoms with E-state index in [1.807, 2.05) is 0 Å². The van der Waals surface area contributed by atoms with E-state index < -0.39 is 6.29 Å². The molecule has 0 bridgehead atoms. The Morgan fingerprint density at radius 3 is 2.39 bits per heavy atom. The molecule has 0 amide bonds. The van der Waals surface area contributed by atoms with Crippen molar-refractivity contribution < 1.29 is 9.84 Å². The first-order chi connectivity index (χ1) is 8.76. The summed E-state index contributed by atoms with van der Waals surface area (Å²) >= 11 is 0. The maximum Gasteiger partial charge on any atom is 0.155 e. The fourth-order valence-corrected chi connectivity index (χ4v) is 3.05. The molecule has 1 aliphatic rings. The summed E-state index contributed by atoms with van der Waals surface area (Å²) < 4.78 is 5.80. The Kier molecular flexibility index (Phi) is 8.70. The molecule has 2 heteroatoms. The first-order valence-corrected chi connectivity index (χ1v) is 8.09. The average Bonchev–Trinajstić information content (AvgIpc) is 2.37. The van der Waals surface area contributed by atoms with E-state index in [1.165, 1.54) is 51.4 Å². The first-order valence-electron chi connectivity index (χ1n) is 8.09. The zero-order valence-corrected chi connectivity index (χ0v) is 12.4. The summed E-state index contributed by atoms with van der Waals surface area (Å²) in [5.74, 6) is 0.647. The van der Waals surface area contributed by atoms with Gasteiger partial charge >= 0.3 is 0 Å². The van der Waals surface area contributed by atoms with Gasteiger partial charge in [-0.3, -0.25) is 0 Å². The van der Waals surface area contributed by atoms with Gasteiger partial charge in [0.15, 0.2) is 6.29 Å². The maximum absolute atomic E-state index is 10.1. The summed E-state index contributed by atoms with van der Waals surface area (Å²) in [7, 11) is 0. The molecule has 18 heavy (non-hydrogen) atoms. The van der Waals surface area contributed by atoms with Crippen molar-refractivity contribution in [1.29, 1.82) is 0 Å². The van der Waals surface area contributed by atoms with E-state index >= 15 is 0 Å². The third-order valence-electron chi connectivity index (χ3n) is 4.10. The van der Waals surface area contributed by atoms with Crippen molar-refractivity contribution in [2.75, 3.05) is 0 Å². The Morgan fingerprint density at radius 2 is 1.78 bits per heavy atom. The van der Waals surface area contributed by atoms with Crippen LogP contribution in [0.1, 0.15) is 84.5 Å². The van der Waals surface area contributed by atoms with Crippen LogP contribution in [0.5, 0.6) is 0 Å². The maximum atomic E-state index is 10.1. The molecule has 1 N–H and O–H groups in total. The molecule has 1 fully saturated rings. The van der Waals surface area contributed by atoms with Crippen LogP contribution in [0, 0.1) is 5.92 Å². The number of aliphatic hydroxyl groups is 1. The van der Waals surface area contributed by atoms with Gasteiger partial charge in [0.25, 0.3) is 0 Å². The Morgan fingerprint density at radius 1 is 1.06 bits per heavy atom. The van der Waals surface area contributed by atoms with Crippen LogP contribution >= 0.6 is 0 Å². The lowest BCUT2D eigenvalue weighted by molar-refractivity contribution is -0.153. The van der Waals surface area contributed by atoms with E-state index in [0.29, 0.717) is 12.0 Å². The zero-order valence-electron chi connectivity index (χ0n) is 12.4. The van der Waals surface area contributed by atoms with Gasteiger partial charge in [-0.25, -0.2) is 0 Å². The highest BCUT2D eigenvalue weighted by molar-refractivity contribution is 4.67. The summed E-state index contributed by atoms with van der Waals surface area (Å²) in [6, 6.07) is 0. The van der Waals surface area contributed by atoms with Gasteiger partial charge in [0.1, 0.15) is 0 Å². The van der Waals surface area contributed by atoms with Crippen molar-refractivity contribution in [1.82, 2.24) is 0 Å². The van der Waals surface area contributed by atoms with Gasteiger partial charge in [-0.1, -0.05) is 65.2 Å². The van der Waals surface area contributed by atoms with Crippen LogP contribution in [0.4, 0.5) is 0 Å². The molecule has 108 valence electrons. The number of aliphatic hydroxyl groups excluding tert-OH is 1. The van der Waals surface area contributed by atoms with Gasteiger partial charge in [0.2, 0.25) is 0 Å². The lowest BCUT2D eigenvalue weighted by Gasteiger charge is -2.27. The standard InChI is InChI=1S/C16H32O2/c1-3-5-10-14(9-4-2)13-16(17)18-15-11-7-6-8-12-15/h14-17H,3-13H2,1-2H3. The molecule has 1 saturated carbocycles. The van der Waals surface area contributed by atoms with Gasteiger partial charge in [0, 0.05) is 6.42 Å². The number of unbranched alkanes of at least 4 members (excludes halogenated alkanes) is 1. The molecule has 2 atom stereocenters. The molecule has 0 saturated heterocycles. The van der Waals surface area contributed by atoms with E-state index in [4.69, 9.17) is 4.74 Å². The largest absolute Gasteiger partial charge is 0.368 e. The molecular formula is C16H32O2. The third-order valence-corrected chi connectivity index (χ3v) is 4.10. The topological polar surface area (TPSA) is 29.5 Å². The summed E-state index contributed by atoms with van der Waals surface area (Å²) in [6.07, 6.45) is 13.0. The molecule has 1 aliphatic carbocycles. The second kappa shape index (κ2) is 9.80. The van der Waals surface area contributed by atoms with Gasteiger partial charge < -0.3 is 9.84 Å². The summed E-state index contributed by atoms with van der Waals surface area (Å²) in [5, 5.41) is 10.1. The van der Waals surface area contributed by atoms with E-state index in [9.17, 15) is 5.11 Å². The number of hydrogen-bond donors (Lipinski definition) is 1. The molecule has 0 spiro atoms. The molecular weight excluding hydrogens is 224 g/mol. The van der Waals surface area contributed by atoms with Gasteiger partial charge in [-0.15, -0.1) is 0 Å². The van der Waals surface area contributed by atoms with Crippen LogP contribution in [-0.2, 0) is 4.74 Å². The normalized spacial score (nSPS) is 20.8. The highest BCUT2D eigenvalue weighted by atomic mass is 16.6. The Bertz CT molecular complexity index is 188. The van der Waals surface area contributed by atoms with Crippen molar-refractivity contribution in [2.45, 2.75) is 96.9 Å². The zero-order chi connectivity index (χ0) is 13.2. The Hall–Kier alpha value is -0.0800. The molecule has 0 aromatic heterocycles. The highest BCUT2D eigenvalue weighted by Crippen LogP contribution is 2.25. The highest BCUT2D eigenvalue weighted by Gasteiger charge is 2.20. The minimum Gasteiger partial charge on any atom is -0.368 e. The third kappa shape index (κ3) is 6.75. The van der Waals surface area contributed by atoms with Crippen molar-refractivity contribution >= 4 is 0 Å². The lowest BCUT2D eigenvalue weighted by Crippen LogP contribution is -2.26. The molecule has 0 heterocycles. The molecule has 0 aromatic rings. The fraction of sp³-hybridized carbons (Fsp3) is 1.00. The van der Waals surface area contributed by atoms with Crippen LogP contribution in [0.25, 0.3) is 0 Å². The predicted molar refractivity (Wildman–Crippen MR) is 76.5 cm³/mol. The Labute approximate surface area is 113 Å². The van der Waals surface area contributed by atoms with Crippen molar-refractivity contribution in [3.8, 4) is 0 Å². The lowest BCUT2D eigenvalue weighted by atomic mass is 9.93. The molecule has 0 aliphatic heterocycles. The van der Waals surface area contributed by atoms with E-state index in [2.05, 4.69) is 13.8 Å². The van der Waals surface area contributed by atoms with E-state index in [0.717, 1.165) is 19.3 Å². The van der Waals surface area contributed by atoms with Crippen LogP contribution in [0.15, 0.2) is 0 Å². The Balaban J connectivity index is 2.23. The van der Waals surface area contributed by atoms with E-state index in [-0.39, 0.29) is 0 Å². The quantitative estimate of drug-likeness (QED) is 0.608. The smallest absolute Gasteiger partial charge is 0.155 e. The monoisotopic (exact) mass is 256 g/mol. The molecule has 0 radical (unpaired) electrons. The van der Waals surface area contributed by atoms with Crippen LogP contribution in [0.2, 0.25) is 0 Å². The average molecular weight is 256 g/mol. The number of ether oxygens (including phenoxy) is 1. The second-order valence-electron chi connectivity index (χ2n) is 5.88. The van der Waals surface area contributed by atoms with Crippen LogP contribution in [-0.4, -0.2) is 17.5 Å². The van der Waals surface area contributed by atoms with Gasteiger partial charge in [0.05, 0.1) is 6.10 Å². The molecule has 2 nitrogen and oxygen atoms in total. The molecule has 2 unspecified atom stereocenters. The SMILES string of the molecule is CCCCC(CCC)CC(O)OC1CCCCC1. The molecule has 1 rings (SSSR count). The van der Waals surface area contributed by atoms with Crippen molar-refractivity contribution in [2.24, 2.45) is 5.92 Å².